The molecule has 0 aliphatic carbocycles. The molecular weight excluding hydrogens is 243 g/mol. The molecule has 0 fully saturated rings. The van der Waals surface area contributed by atoms with E-state index in [-0.39, 0.29) is 0 Å². The zero-order valence-corrected chi connectivity index (χ0v) is 9.29. The van der Waals surface area contributed by atoms with Gasteiger partial charge in [0.2, 0.25) is 0 Å². The number of rotatable bonds is 2. The van der Waals surface area contributed by atoms with Gasteiger partial charge >= 0.3 is 83.2 Å². The zero-order valence-electron chi connectivity index (χ0n) is 6.00. The van der Waals surface area contributed by atoms with E-state index in [1.807, 2.05) is 31.2 Å². The van der Waals surface area contributed by atoms with Crippen molar-refractivity contribution in [2.75, 3.05) is 0 Å². The van der Waals surface area contributed by atoms with Crippen molar-refractivity contribution in [3.63, 3.8) is 0 Å². The summed E-state index contributed by atoms with van der Waals surface area (Å²) in [6.07, 6.45) is 0. The van der Waals surface area contributed by atoms with E-state index in [0.29, 0.717) is 15.0 Å². The Labute approximate surface area is 83.1 Å². The van der Waals surface area contributed by atoms with Gasteiger partial charge in [0, 0.05) is 0 Å². The van der Waals surface area contributed by atoms with Gasteiger partial charge in [0.15, 0.2) is 0 Å². The van der Waals surface area contributed by atoms with Crippen LogP contribution in [0.25, 0.3) is 0 Å². The topological polar surface area (TPSA) is 0 Å². The average molecular weight is 250 g/mol. The van der Waals surface area contributed by atoms with Crippen LogP contribution in [-0.4, -0.2) is 18.7 Å². The molecule has 0 radical (unpaired) electrons. The fourth-order valence-corrected chi connectivity index (χ4v) is 2.56. The Hall–Kier alpha value is 0.119. The summed E-state index contributed by atoms with van der Waals surface area (Å²) in [5, 5.41) is 0.784. The van der Waals surface area contributed by atoms with E-state index in [1.165, 1.54) is 4.46 Å². The van der Waals surface area contributed by atoms with Crippen molar-refractivity contribution >= 4 is 47.0 Å². The molecule has 1 rings (SSSR count). The number of halogens is 1. The third kappa shape index (κ3) is 3.35. The molecule has 0 heterocycles. The molecule has 0 atom stereocenters. The van der Waals surface area contributed by atoms with Gasteiger partial charge in [0.05, 0.1) is 0 Å². The van der Waals surface area contributed by atoms with Crippen LogP contribution >= 0.6 is 23.8 Å². The standard InChI is InChI=1S/C8H7ClSSe/c1-6(10)11-8-4-2-7(9)3-5-8/h2-5H,1H3. The molecule has 3 heteroatoms. The maximum atomic E-state index is 5.72. The van der Waals surface area contributed by atoms with Gasteiger partial charge in [0.1, 0.15) is 0 Å². The molecule has 58 valence electrons. The summed E-state index contributed by atoms with van der Waals surface area (Å²) < 4.78 is 2.36. The molecule has 0 unspecified atom stereocenters. The molecule has 0 spiro atoms. The summed E-state index contributed by atoms with van der Waals surface area (Å²) in [5.74, 6) is 0. The molecule has 0 amide bonds. The van der Waals surface area contributed by atoms with Crippen molar-refractivity contribution in [2.45, 2.75) is 6.92 Å². The van der Waals surface area contributed by atoms with Crippen LogP contribution in [0.1, 0.15) is 6.92 Å². The molecule has 0 bridgehead atoms. The summed E-state index contributed by atoms with van der Waals surface area (Å²) in [5.41, 5.74) is 0. The molecule has 0 saturated carbocycles. The molecule has 0 nitrogen and oxygen atoms in total. The number of benzene rings is 1. The van der Waals surface area contributed by atoms with E-state index in [0.717, 1.165) is 8.79 Å². The first-order chi connectivity index (χ1) is 5.18. The SMILES string of the molecule is CC(=S)[Se]c1ccc(Cl)cc1. The van der Waals surface area contributed by atoms with E-state index in [9.17, 15) is 0 Å². The van der Waals surface area contributed by atoms with Crippen LogP contribution < -0.4 is 4.46 Å². The Morgan fingerprint density at radius 2 is 1.91 bits per heavy atom. The summed E-state index contributed by atoms with van der Waals surface area (Å²) >= 11 is 11.1. The third-order valence-electron chi connectivity index (χ3n) is 1.08. The van der Waals surface area contributed by atoms with Crippen LogP contribution in [0.5, 0.6) is 0 Å². The van der Waals surface area contributed by atoms with Crippen molar-refractivity contribution in [3.05, 3.63) is 29.3 Å². The Bertz CT molecular complexity index is 255. The third-order valence-corrected chi connectivity index (χ3v) is 3.43. The average Bonchev–Trinajstić information content (AvgIpc) is 1.93. The predicted molar refractivity (Wildman–Crippen MR) is 55.1 cm³/mol. The second-order valence-electron chi connectivity index (χ2n) is 2.05. The Morgan fingerprint density at radius 1 is 1.36 bits per heavy atom. The quantitative estimate of drug-likeness (QED) is 0.571. The molecule has 0 saturated heterocycles. The van der Waals surface area contributed by atoms with Crippen molar-refractivity contribution < 1.29 is 0 Å². The van der Waals surface area contributed by atoms with E-state index in [4.69, 9.17) is 23.8 Å². The molecule has 0 aliphatic heterocycles. The van der Waals surface area contributed by atoms with Gasteiger partial charge in [-0.3, -0.25) is 0 Å². The Kier molecular flexibility index (Phi) is 3.53. The van der Waals surface area contributed by atoms with Crippen molar-refractivity contribution in [1.29, 1.82) is 0 Å². The van der Waals surface area contributed by atoms with Crippen molar-refractivity contribution in [3.8, 4) is 0 Å². The van der Waals surface area contributed by atoms with Gasteiger partial charge in [0.25, 0.3) is 0 Å². The normalized spacial score (nSPS) is 9.64. The monoisotopic (exact) mass is 250 g/mol. The van der Waals surface area contributed by atoms with Gasteiger partial charge in [-0.2, -0.15) is 0 Å². The molecule has 0 N–H and O–H groups in total. The number of hydrogen-bond acceptors (Lipinski definition) is 1. The Morgan fingerprint density at radius 3 is 2.36 bits per heavy atom. The summed E-state index contributed by atoms with van der Waals surface area (Å²) in [7, 11) is 0. The first-order valence-corrected chi connectivity index (χ1v) is 5.62. The molecule has 0 aromatic heterocycles. The van der Waals surface area contributed by atoms with Gasteiger partial charge in [-0.1, -0.05) is 0 Å². The molecule has 11 heavy (non-hydrogen) atoms. The predicted octanol–water partition coefficient (Wildman–Crippen LogP) is 2.02. The molecule has 1 aromatic carbocycles. The molecular formula is C8H7ClSSe. The van der Waals surface area contributed by atoms with E-state index < -0.39 is 0 Å². The summed E-state index contributed by atoms with van der Waals surface area (Å²) in [6, 6.07) is 7.85. The van der Waals surface area contributed by atoms with E-state index in [2.05, 4.69) is 0 Å². The Balaban J connectivity index is 2.74. The van der Waals surface area contributed by atoms with Gasteiger partial charge in [-0.15, -0.1) is 0 Å². The van der Waals surface area contributed by atoms with Crippen molar-refractivity contribution in [1.82, 2.24) is 0 Å². The minimum atomic E-state index is 0.333. The van der Waals surface area contributed by atoms with Gasteiger partial charge < -0.3 is 0 Å². The van der Waals surface area contributed by atoms with Crippen LogP contribution in [0.15, 0.2) is 24.3 Å². The number of thiocarbonyl (C=S) groups is 1. The minimum absolute atomic E-state index is 0.333. The van der Waals surface area contributed by atoms with Crippen LogP contribution in [-0.2, 0) is 0 Å². The second-order valence-corrected chi connectivity index (χ2v) is 6.38. The van der Waals surface area contributed by atoms with Gasteiger partial charge in [-0.05, 0) is 0 Å². The van der Waals surface area contributed by atoms with Gasteiger partial charge in [-0.25, -0.2) is 0 Å². The first-order valence-electron chi connectivity index (χ1n) is 3.12. The summed E-state index contributed by atoms with van der Waals surface area (Å²) in [6.45, 7) is 1.98. The van der Waals surface area contributed by atoms with Crippen molar-refractivity contribution in [2.24, 2.45) is 0 Å². The second kappa shape index (κ2) is 4.22. The van der Waals surface area contributed by atoms with Crippen LogP contribution in [0.2, 0.25) is 5.02 Å². The van der Waals surface area contributed by atoms with E-state index >= 15 is 0 Å². The zero-order chi connectivity index (χ0) is 8.27. The fourth-order valence-electron chi connectivity index (χ4n) is 0.669. The van der Waals surface area contributed by atoms with E-state index in [1.54, 1.807) is 0 Å². The van der Waals surface area contributed by atoms with Crippen LogP contribution in [0, 0.1) is 0 Å². The molecule has 1 aromatic rings. The number of hydrogen-bond donors (Lipinski definition) is 0. The molecule has 0 aliphatic rings. The van der Waals surface area contributed by atoms with Crippen LogP contribution in [0.3, 0.4) is 0 Å². The summed E-state index contributed by atoms with van der Waals surface area (Å²) in [4.78, 5) is 0. The maximum absolute atomic E-state index is 5.72. The fraction of sp³-hybridized carbons (Fsp3) is 0.125. The van der Waals surface area contributed by atoms with Crippen LogP contribution in [0.4, 0.5) is 0 Å². The first kappa shape index (κ1) is 9.21.